The Morgan fingerprint density at radius 1 is 0.557 bits per heavy atom. The molecule has 4 heterocycles. The Balaban J connectivity index is 0.000000201. The monoisotopic (exact) mass is 957 g/mol. The maximum atomic E-state index is 13.5. The van der Waals surface area contributed by atoms with E-state index in [0.717, 1.165) is 5.56 Å². The van der Waals surface area contributed by atoms with E-state index in [1.807, 2.05) is 36.4 Å². The number of benzene rings is 4. The highest BCUT2D eigenvalue weighted by Gasteiger charge is 2.79. The van der Waals surface area contributed by atoms with Crippen LogP contribution in [0.2, 0.25) is 0 Å². The van der Waals surface area contributed by atoms with Gasteiger partial charge in [0.05, 0.1) is 52.7 Å². The van der Waals surface area contributed by atoms with E-state index in [0.29, 0.717) is 45.4 Å². The number of aliphatic carboxylic acids is 1. The molecule has 4 aliphatic rings. The summed E-state index contributed by atoms with van der Waals surface area (Å²) >= 11 is 0. The van der Waals surface area contributed by atoms with Crippen molar-refractivity contribution in [3.8, 4) is 34.5 Å². The number of hydrogen-bond donors (Lipinski definition) is 5. The molecule has 2 aliphatic carbocycles. The first-order chi connectivity index (χ1) is 32.7. The Bertz CT molecular complexity index is 2840. The van der Waals surface area contributed by atoms with Gasteiger partial charge in [0.1, 0.15) is 58.1 Å². The van der Waals surface area contributed by atoms with E-state index in [1.165, 1.54) is 38.6 Å². The minimum Gasteiger partial charge on any atom is -0.497 e. The molecule has 10 rings (SSSR count). The molecular weight excluding hydrogens is 899 g/mol. The van der Waals surface area contributed by atoms with E-state index < -0.39 is 64.3 Å². The third-order valence-corrected chi connectivity index (χ3v) is 14.0. The molecule has 2 fully saturated rings. The maximum Gasteiger partial charge on any atom is 0.310 e. The Kier molecular flexibility index (Phi) is 13.7. The van der Waals surface area contributed by atoms with Gasteiger partial charge in [-0.3, -0.25) is 19.6 Å². The maximum absolute atomic E-state index is 13.5. The van der Waals surface area contributed by atoms with Gasteiger partial charge in [0, 0.05) is 38.1 Å². The molecule has 10 atom stereocenters. The van der Waals surface area contributed by atoms with Crippen LogP contribution in [0.15, 0.2) is 134 Å². The van der Waals surface area contributed by atoms with E-state index in [1.54, 1.807) is 106 Å². The number of hydrogen-bond acceptors (Lipinski definition) is 14. The first kappa shape index (κ1) is 50.6. The molecule has 368 valence electrons. The summed E-state index contributed by atoms with van der Waals surface area (Å²) in [5.41, 5.74) is -4.75. The molecule has 70 heavy (non-hydrogen) atoms. The topological polar surface area (TPSA) is 220 Å². The van der Waals surface area contributed by atoms with Crippen LogP contribution >= 0.6 is 0 Å². The van der Waals surface area contributed by atoms with Crippen molar-refractivity contribution < 1.29 is 63.5 Å². The fraction of sp³-hybridized carbons (Fsp3) is 0.333. The molecule has 6 aromatic rings. The van der Waals surface area contributed by atoms with Crippen molar-refractivity contribution in [3.63, 3.8) is 0 Å². The molecule has 0 bridgehead atoms. The first-order valence-corrected chi connectivity index (χ1v) is 21.8. The zero-order valence-corrected chi connectivity index (χ0v) is 38.0. The van der Waals surface area contributed by atoms with Gasteiger partial charge < -0.3 is 58.9 Å². The number of carboxylic acids is 1. The normalized spacial score (nSPS) is 28.3. The summed E-state index contributed by atoms with van der Waals surface area (Å²) in [5, 5.41) is 58.1. The summed E-state index contributed by atoms with van der Waals surface area (Å²) in [6.07, 6.45) is -0.339. The lowest BCUT2D eigenvalue weighted by Gasteiger charge is -2.40. The van der Waals surface area contributed by atoms with Crippen molar-refractivity contribution in [2.45, 2.75) is 61.3 Å². The fourth-order valence-corrected chi connectivity index (χ4v) is 11.0. The number of ether oxygens (including phenoxy) is 6. The van der Waals surface area contributed by atoms with Crippen LogP contribution in [0.4, 0.5) is 0 Å². The van der Waals surface area contributed by atoms with Gasteiger partial charge in [0.25, 0.3) is 0 Å². The predicted molar refractivity (Wildman–Crippen MR) is 257 cm³/mol. The van der Waals surface area contributed by atoms with Gasteiger partial charge in [-0.2, -0.15) is 0 Å². The number of rotatable bonds is 10. The van der Waals surface area contributed by atoms with Crippen LogP contribution in [0.1, 0.15) is 60.3 Å². The number of nitrogens with zero attached hydrogens (tertiary/aromatic N) is 3. The molecule has 2 aromatic heterocycles. The summed E-state index contributed by atoms with van der Waals surface area (Å²) in [6, 6.07) is 35.4. The van der Waals surface area contributed by atoms with E-state index in [9.17, 15) is 35.1 Å². The number of aromatic nitrogens is 2. The summed E-state index contributed by atoms with van der Waals surface area (Å²) in [7, 11) is 9.37. The average molecular weight is 958 g/mol. The number of carboxylic acid groups (broad SMARTS) is 1. The minimum atomic E-state index is -2.15. The third-order valence-electron chi connectivity index (χ3n) is 14.0. The Hall–Kier alpha value is -7.24. The number of carbonyl (C=O) groups is 2. The van der Waals surface area contributed by atoms with Crippen LogP contribution < -0.4 is 28.4 Å². The van der Waals surface area contributed by atoms with Crippen LogP contribution in [0.5, 0.6) is 34.5 Å². The van der Waals surface area contributed by atoms with E-state index in [2.05, 4.69) is 9.97 Å². The molecule has 0 radical (unpaired) electrons. The van der Waals surface area contributed by atoms with Gasteiger partial charge in [-0.05, 0) is 46.5 Å². The highest BCUT2D eigenvalue weighted by atomic mass is 16.5. The predicted octanol–water partition coefficient (Wildman–Crippen LogP) is 6.14. The number of aliphatic hydroxyl groups is 4. The zero-order valence-electron chi connectivity index (χ0n) is 38.0. The Labute approximate surface area is 406 Å². The summed E-state index contributed by atoms with van der Waals surface area (Å²) < 4.78 is 34.3. The second kappa shape index (κ2) is 18.9. The number of carbonyl (C=O) groups excluding carboxylic acids is 1. The summed E-state index contributed by atoms with van der Waals surface area (Å²) in [6.45, 7) is 0. The van der Waals surface area contributed by atoms with Crippen molar-refractivity contribution in [2.75, 3.05) is 42.5 Å². The lowest BCUT2D eigenvalue weighted by molar-refractivity contribution is -0.160. The fourth-order valence-electron chi connectivity index (χ4n) is 11.0. The molecule has 2 saturated carbocycles. The van der Waals surface area contributed by atoms with Crippen LogP contribution in [0, 0.1) is 11.8 Å². The Morgan fingerprint density at radius 3 is 1.26 bits per heavy atom. The summed E-state index contributed by atoms with van der Waals surface area (Å²) in [5.74, 6) is -3.05. The third kappa shape index (κ3) is 7.10. The Morgan fingerprint density at radius 2 is 0.914 bits per heavy atom. The zero-order chi connectivity index (χ0) is 48.3. The summed E-state index contributed by atoms with van der Waals surface area (Å²) in [4.78, 5) is 36.2. The lowest BCUT2D eigenvalue weighted by Crippen LogP contribution is -2.52. The number of aliphatic hydroxyl groups excluding tert-OH is 2. The van der Waals surface area contributed by atoms with Crippen LogP contribution in [-0.4, -0.2) is 107 Å². The molecule has 2 aliphatic heterocycles. The molecule has 1 amide bonds. The van der Waals surface area contributed by atoms with E-state index in [4.69, 9.17) is 28.4 Å². The number of methoxy groups -OCH3 is 4. The molecule has 0 saturated heterocycles. The standard InChI is InChI=1S/C27H28N2O6.C25H23NO7.2CH4/c1-29(2)25(31)21-22(16-8-6-5-7-9-16)27(17-10-12-18(33-3)13-11-17)26(32,24(21)30)23-20(35-27)14-19(34-4)15-28-23;1-31-16-10-8-15(9-11-16)25-20(14-6-4-3-5-7-14)19(23(28)29)22(27)24(25,30)21-18(33-25)12-17(32-2)13-26-21;;/h5-15,21-22,24,30,32H,1-4H3;3-13,19-20,22,27,30H,1-2H3,(H,28,29);2*1H4/t21-,22-,24-,26+,27+;19-,20-,22-,24+,25+;;/m11../s1. The molecule has 5 N–H and O–H groups in total. The minimum absolute atomic E-state index is 0. The molecule has 16 heteroatoms. The molecule has 16 nitrogen and oxygen atoms in total. The van der Waals surface area contributed by atoms with Gasteiger partial charge >= 0.3 is 5.97 Å². The van der Waals surface area contributed by atoms with Gasteiger partial charge in [-0.25, -0.2) is 0 Å². The van der Waals surface area contributed by atoms with Crippen molar-refractivity contribution in [1.29, 1.82) is 0 Å². The second-order valence-electron chi connectivity index (χ2n) is 17.4. The second-order valence-corrected chi connectivity index (χ2v) is 17.4. The SMILES string of the molecule is C.C.COc1ccc([C@@]23Oc4cc(OC)cnc4[C@]2(O)[C@H](O)[C@H](C(=O)N(C)C)[C@H]3c2ccccc2)cc1.COc1ccc([C@@]23Oc4cc(OC)cnc4[C@]2(O)[C@H](O)[C@H](C(=O)O)[C@H]3c2ccccc2)cc1. The van der Waals surface area contributed by atoms with Crippen LogP contribution in [0.3, 0.4) is 0 Å². The molecule has 4 aromatic carbocycles. The number of pyridine rings is 2. The van der Waals surface area contributed by atoms with Crippen molar-refractivity contribution in [1.82, 2.24) is 14.9 Å². The number of amides is 1. The van der Waals surface area contributed by atoms with Crippen LogP contribution in [0.25, 0.3) is 0 Å². The number of fused-ring (bicyclic) bond motifs is 6. The van der Waals surface area contributed by atoms with Crippen molar-refractivity contribution in [2.24, 2.45) is 11.8 Å². The average Bonchev–Trinajstić information content (AvgIpc) is 3.94. The lowest BCUT2D eigenvalue weighted by atomic mass is 9.71. The molecule has 0 spiro atoms. The molecular formula is C54H59N3O13. The van der Waals surface area contributed by atoms with Gasteiger partial charge in [0.2, 0.25) is 5.91 Å². The highest BCUT2D eigenvalue weighted by molar-refractivity contribution is 5.82. The molecule has 0 unspecified atom stereocenters. The highest BCUT2D eigenvalue weighted by Crippen LogP contribution is 2.70. The van der Waals surface area contributed by atoms with Crippen molar-refractivity contribution >= 4 is 11.9 Å². The van der Waals surface area contributed by atoms with Gasteiger partial charge in [-0.15, -0.1) is 0 Å². The van der Waals surface area contributed by atoms with E-state index >= 15 is 0 Å². The first-order valence-electron chi connectivity index (χ1n) is 21.8. The van der Waals surface area contributed by atoms with Gasteiger partial charge in [0.15, 0.2) is 22.4 Å². The largest absolute Gasteiger partial charge is 0.497 e. The van der Waals surface area contributed by atoms with Crippen LogP contribution in [-0.2, 0) is 32.0 Å². The quantitative estimate of drug-likeness (QED) is 0.104. The van der Waals surface area contributed by atoms with E-state index in [-0.39, 0.29) is 37.9 Å². The van der Waals surface area contributed by atoms with Crippen molar-refractivity contribution in [3.05, 3.63) is 167 Å². The van der Waals surface area contributed by atoms with Gasteiger partial charge in [-0.1, -0.05) is 99.8 Å². The smallest absolute Gasteiger partial charge is 0.310 e.